The Morgan fingerprint density at radius 3 is 1.94 bits per heavy atom. The van der Waals surface area contributed by atoms with Crippen molar-refractivity contribution >= 4 is 29.7 Å². The molecule has 0 bridgehead atoms. The van der Waals surface area contributed by atoms with E-state index in [0.717, 1.165) is 0 Å². The van der Waals surface area contributed by atoms with Gasteiger partial charge in [-0.1, -0.05) is 50.6 Å². The van der Waals surface area contributed by atoms with Crippen LogP contribution in [0.15, 0.2) is 30.3 Å². The Morgan fingerprint density at radius 2 is 1.46 bits per heavy atom. The molecule has 0 aliphatic carbocycles. The summed E-state index contributed by atoms with van der Waals surface area (Å²) in [4.78, 5) is 60.7. The van der Waals surface area contributed by atoms with E-state index in [1.54, 1.807) is 44.2 Å². The quantitative estimate of drug-likeness (QED) is 0.169. The zero-order chi connectivity index (χ0) is 26.7. The van der Waals surface area contributed by atoms with Gasteiger partial charge in [0.15, 0.2) is 0 Å². The smallest absolute Gasteiger partial charge is 0.326 e. The fourth-order valence-electron chi connectivity index (χ4n) is 3.20. The molecule has 0 aliphatic rings. The van der Waals surface area contributed by atoms with E-state index in [1.807, 2.05) is 0 Å². The average molecular weight is 495 g/mol. The molecule has 1 aromatic rings. The molecule has 0 fully saturated rings. The lowest BCUT2D eigenvalue weighted by molar-refractivity contribution is -0.144. The topological polar surface area (TPSA) is 208 Å². The molecule has 6 atom stereocenters. The number of carboxylic acids is 2. The third-order valence-corrected chi connectivity index (χ3v) is 5.49. The highest BCUT2D eigenvalue weighted by Crippen LogP contribution is 2.10. The lowest BCUT2D eigenvalue weighted by Crippen LogP contribution is -2.60. The SMILES string of the molecule is CCC(C)C(NC(=O)C(NC(=O)C(Cc1ccccc1)NC(=O)C(N)CC(=O)O)C(C)O)C(=O)O. The van der Waals surface area contributed by atoms with Gasteiger partial charge in [0.2, 0.25) is 17.7 Å². The molecule has 0 aliphatic heterocycles. The maximum Gasteiger partial charge on any atom is 0.326 e. The molecule has 35 heavy (non-hydrogen) atoms. The van der Waals surface area contributed by atoms with E-state index in [4.69, 9.17) is 10.8 Å². The van der Waals surface area contributed by atoms with Gasteiger partial charge in [0.25, 0.3) is 0 Å². The number of hydrogen-bond acceptors (Lipinski definition) is 7. The predicted molar refractivity (Wildman–Crippen MR) is 125 cm³/mol. The summed E-state index contributed by atoms with van der Waals surface area (Å²) in [5.41, 5.74) is 6.25. The largest absolute Gasteiger partial charge is 0.481 e. The van der Waals surface area contributed by atoms with E-state index >= 15 is 0 Å². The summed E-state index contributed by atoms with van der Waals surface area (Å²) >= 11 is 0. The molecule has 1 rings (SSSR count). The summed E-state index contributed by atoms with van der Waals surface area (Å²) in [5.74, 6) is -5.61. The molecule has 12 heteroatoms. The van der Waals surface area contributed by atoms with Gasteiger partial charge in [0.05, 0.1) is 18.6 Å². The monoisotopic (exact) mass is 494 g/mol. The van der Waals surface area contributed by atoms with E-state index in [9.17, 15) is 34.2 Å². The van der Waals surface area contributed by atoms with Crippen molar-refractivity contribution in [1.29, 1.82) is 0 Å². The third kappa shape index (κ3) is 9.71. The molecule has 0 saturated heterocycles. The van der Waals surface area contributed by atoms with Crippen LogP contribution in [0.3, 0.4) is 0 Å². The zero-order valence-corrected chi connectivity index (χ0v) is 19.9. The van der Waals surface area contributed by atoms with Crippen LogP contribution in [0.4, 0.5) is 0 Å². The van der Waals surface area contributed by atoms with Crippen LogP contribution in [0.5, 0.6) is 0 Å². The van der Waals surface area contributed by atoms with Gasteiger partial charge in [0, 0.05) is 6.42 Å². The van der Waals surface area contributed by atoms with Crippen LogP contribution in [0, 0.1) is 5.92 Å². The van der Waals surface area contributed by atoms with Crippen LogP contribution in [-0.4, -0.2) is 75.3 Å². The molecule has 12 nitrogen and oxygen atoms in total. The highest BCUT2D eigenvalue weighted by molar-refractivity contribution is 5.95. The van der Waals surface area contributed by atoms with Gasteiger partial charge in [-0.25, -0.2) is 4.79 Å². The molecule has 3 amide bonds. The normalized spacial score (nSPS) is 16.0. The van der Waals surface area contributed by atoms with Gasteiger partial charge < -0.3 is 37.0 Å². The van der Waals surface area contributed by atoms with Gasteiger partial charge >= 0.3 is 11.9 Å². The van der Waals surface area contributed by atoms with E-state index in [-0.39, 0.29) is 6.42 Å². The molecule has 0 radical (unpaired) electrons. The van der Waals surface area contributed by atoms with Gasteiger partial charge in [-0.15, -0.1) is 0 Å². The number of amides is 3. The number of aliphatic hydroxyl groups is 1. The second kappa shape index (κ2) is 14.0. The number of carbonyl (C=O) groups is 5. The molecule has 0 spiro atoms. The summed E-state index contributed by atoms with van der Waals surface area (Å²) in [7, 11) is 0. The van der Waals surface area contributed by atoms with Crippen LogP contribution in [0.2, 0.25) is 0 Å². The van der Waals surface area contributed by atoms with Crippen molar-refractivity contribution < 1.29 is 39.3 Å². The Balaban J connectivity index is 3.09. The maximum absolute atomic E-state index is 13.1. The standard InChI is InChI=1S/C23H34N4O8/c1-4-12(2)18(23(34)35)26-22(33)19(13(3)28)27-21(32)16(10-14-8-6-5-7-9-14)25-20(31)15(24)11-17(29)30/h5-9,12-13,15-16,18-19,28H,4,10-11,24H2,1-3H3,(H,25,31)(H,26,33)(H,27,32)(H,29,30)(H,34,35). The Kier molecular flexibility index (Phi) is 11.8. The minimum Gasteiger partial charge on any atom is -0.481 e. The first-order valence-corrected chi connectivity index (χ1v) is 11.2. The van der Waals surface area contributed by atoms with Crippen molar-refractivity contribution in [2.24, 2.45) is 11.7 Å². The minimum absolute atomic E-state index is 0.0169. The van der Waals surface area contributed by atoms with Gasteiger partial charge in [-0.05, 0) is 18.4 Å². The van der Waals surface area contributed by atoms with Gasteiger partial charge in [-0.3, -0.25) is 19.2 Å². The number of carboxylic acid groups (broad SMARTS) is 2. The Bertz CT molecular complexity index is 893. The molecule has 6 unspecified atom stereocenters. The lowest BCUT2D eigenvalue weighted by Gasteiger charge is -2.27. The van der Waals surface area contributed by atoms with Crippen LogP contribution in [-0.2, 0) is 30.4 Å². The number of hydrogen-bond donors (Lipinski definition) is 7. The number of nitrogens with two attached hydrogens (primary N) is 1. The molecular formula is C23H34N4O8. The maximum atomic E-state index is 13.1. The van der Waals surface area contributed by atoms with Crippen molar-refractivity contribution in [3.05, 3.63) is 35.9 Å². The van der Waals surface area contributed by atoms with Crippen LogP contribution in [0.1, 0.15) is 39.2 Å². The first-order chi connectivity index (χ1) is 16.4. The number of nitrogens with one attached hydrogen (secondary N) is 3. The van der Waals surface area contributed by atoms with Crippen molar-refractivity contribution in [2.45, 2.75) is 70.3 Å². The first-order valence-electron chi connectivity index (χ1n) is 11.2. The summed E-state index contributed by atoms with van der Waals surface area (Å²) in [5, 5.41) is 35.5. The van der Waals surface area contributed by atoms with Crippen LogP contribution in [0.25, 0.3) is 0 Å². The van der Waals surface area contributed by atoms with Crippen LogP contribution < -0.4 is 21.7 Å². The highest BCUT2D eigenvalue weighted by Gasteiger charge is 2.34. The number of rotatable bonds is 14. The van der Waals surface area contributed by atoms with Crippen molar-refractivity contribution in [1.82, 2.24) is 16.0 Å². The van der Waals surface area contributed by atoms with Crippen molar-refractivity contribution in [3.63, 3.8) is 0 Å². The first kappa shape index (κ1) is 29.5. The minimum atomic E-state index is -1.52. The van der Waals surface area contributed by atoms with E-state index < -0.39 is 72.3 Å². The fourth-order valence-corrected chi connectivity index (χ4v) is 3.20. The number of benzene rings is 1. The van der Waals surface area contributed by atoms with Crippen molar-refractivity contribution in [2.75, 3.05) is 0 Å². The highest BCUT2D eigenvalue weighted by atomic mass is 16.4. The lowest BCUT2D eigenvalue weighted by atomic mass is 9.98. The molecule has 194 valence electrons. The van der Waals surface area contributed by atoms with E-state index in [1.165, 1.54) is 6.92 Å². The van der Waals surface area contributed by atoms with E-state index in [0.29, 0.717) is 12.0 Å². The number of carbonyl (C=O) groups excluding carboxylic acids is 3. The number of aliphatic carboxylic acids is 2. The Morgan fingerprint density at radius 1 is 0.886 bits per heavy atom. The molecule has 8 N–H and O–H groups in total. The molecular weight excluding hydrogens is 460 g/mol. The summed E-state index contributed by atoms with van der Waals surface area (Å²) in [6.45, 7) is 4.64. The Labute approximate surface area is 203 Å². The molecule has 0 heterocycles. The van der Waals surface area contributed by atoms with Gasteiger partial charge in [0.1, 0.15) is 18.1 Å². The summed E-state index contributed by atoms with van der Waals surface area (Å²) in [6, 6.07) is 3.16. The second-order valence-corrected chi connectivity index (χ2v) is 8.39. The zero-order valence-electron chi connectivity index (χ0n) is 19.9. The van der Waals surface area contributed by atoms with Crippen LogP contribution >= 0.6 is 0 Å². The predicted octanol–water partition coefficient (Wildman–Crippen LogP) is -1.00. The summed E-state index contributed by atoms with van der Waals surface area (Å²) < 4.78 is 0. The molecule has 0 aromatic heterocycles. The fraction of sp³-hybridized carbons (Fsp3) is 0.522. The third-order valence-electron chi connectivity index (χ3n) is 5.49. The average Bonchev–Trinajstić information content (AvgIpc) is 2.79. The van der Waals surface area contributed by atoms with E-state index in [2.05, 4.69) is 16.0 Å². The van der Waals surface area contributed by atoms with Gasteiger partial charge in [-0.2, -0.15) is 0 Å². The second-order valence-electron chi connectivity index (χ2n) is 8.39. The Hall–Kier alpha value is -3.51. The molecule has 1 aromatic carbocycles. The molecule has 0 saturated carbocycles. The summed E-state index contributed by atoms with van der Waals surface area (Å²) in [6.07, 6.45) is -1.61. The number of aliphatic hydroxyl groups excluding tert-OH is 1. The van der Waals surface area contributed by atoms with Crippen molar-refractivity contribution in [3.8, 4) is 0 Å².